The van der Waals surface area contributed by atoms with Gasteiger partial charge < -0.3 is 9.26 Å². The molecule has 1 aliphatic heterocycles. The molecule has 8 nitrogen and oxygen atoms in total. The van der Waals surface area contributed by atoms with Crippen molar-refractivity contribution in [2.45, 2.75) is 25.5 Å². The third-order valence-electron chi connectivity index (χ3n) is 5.77. The maximum atomic E-state index is 14.4. The second-order valence-corrected chi connectivity index (χ2v) is 7.85. The zero-order chi connectivity index (χ0) is 22.2. The van der Waals surface area contributed by atoms with Crippen molar-refractivity contribution >= 4 is 10.9 Å². The van der Waals surface area contributed by atoms with Crippen LogP contribution in [0.5, 0.6) is 0 Å². The fraction of sp³-hybridized carbons (Fsp3) is 0.208. The summed E-state index contributed by atoms with van der Waals surface area (Å²) in [7, 11) is 0. The van der Waals surface area contributed by atoms with Gasteiger partial charge in [-0.1, -0.05) is 11.2 Å². The molecule has 1 saturated heterocycles. The van der Waals surface area contributed by atoms with E-state index in [4.69, 9.17) is 14.4 Å². The van der Waals surface area contributed by atoms with Gasteiger partial charge in [0.2, 0.25) is 11.8 Å². The van der Waals surface area contributed by atoms with Gasteiger partial charge in [0, 0.05) is 41.7 Å². The van der Waals surface area contributed by atoms with Crippen molar-refractivity contribution in [1.82, 2.24) is 29.9 Å². The second-order valence-electron chi connectivity index (χ2n) is 7.85. The molecular weight excluding hydrogens is 423 g/mol. The van der Waals surface area contributed by atoms with Gasteiger partial charge in [0.1, 0.15) is 0 Å². The summed E-state index contributed by atoms with van der Waals surface area (Å²) in [5, 5.41) is 9.72. The molecule has 164 valence electrons. The van der Waals surface area contributed by atoms with E-state index < -0.39 is 5.95 Å². The Morgan fingerprint density at radius 2 is 1.91 bits per heavy atom. The molecule has 1 aliphatic rings. The SMILES string of the molecule is Fc1ncccc1-c1ccc2c(c1)c(-c1nc(-c3ccncc3)no1)nn2C1CCCCO1. The van der Waals surface area contributed by atoms with Crippen LogP contribution in [0, 0.1) is 5.95 Å². The highest BCUT2D eigenvalue weighted by Gasteiger charge is 2.25. The van der Waals surface area contributed by atoms with Gasteiger partial charge in [-0.25, -0.2) is 9.67 Å². The summed E-state index contributed by atoms with van der Waals surface area (Å²) in [5.41, 5.74) is 3.27. The normalized spacial score (nSPS) is 16.3. The second kappa shape index (κ2) is 8.18. The fourth-order valence-corrected chi connectivity index (χ4v) is 4.14. The van der Waals surface area contributed by atoms with Crippen LogP contribution < -0.4 is 0 Å². The van der Waals surface area contributed by atoms with Crippen molar-refractivity contribution in [3.8, 4) is 34.1 Å². The van der Waals surface area contributed by atoms with Gasteiger partial charge in [-0.05, 0) is 61.2 Å². The van der Waals surface area contributed by atoms with E-state index in [0.29, 0.717) is 29.3 Å². The van der Waals surface area contributed by atoms with E-state index in [-0.39, 0.29) is 12.1 Å². The summed E-state index contributed by atoms with van der Waals surface area (Å²) >= 11 is 0. The summed E-state index contributed by atoms with van der Waals surface area (Å²) in [6.45, 7) is 0.688. The number of hydrogen-bond donors (Lipinski definition) is 0. The number of benzene rings is 1. The highest BCUT2D eigenvalue weighted by atomic mass is 19.1. The van der Waals surface area contributed by atoms with Crippen LogP contribution in [0.25, 0.3) is 45.0 Å². The van der Waals surface area contributed by atoms with Crippen LogP contribution in [-0.2, 0) is 4.74 Å². The predicted molar refractivity (Wildman–Crippen MR) is 118 cm³/mol. The Balaban J connectivity index is 1.51. The first kappa shape index (κ1) is 19.7. The number of nitrogens with zero attached hydrogens (tertiary/aromatic N) is 6. The van der Waals surface area contributed by atoms with Crippen LogP contribution >= 0.6 is 0 Å². The van der Waals surface area contributed by atoms with E-state index in [1.54, 1.807) is 24.5 Å². The lowest BCUT2D eigenvalue weighted by atomic mass is 10.0. The van der Waals surface area contributed by atoms with Crippen molar-refractivity contribution in [1.29, 1.82) is 0 Å². The average molecular weight is 442 g/mol. The standard InChI is InChI=1S/C24H19FN6O2/c25-22-17(4-3-10-27-22)16-6-7-19-18(14-16)21(29-31(19)20-5-1-2-13-32-20)24-28-23(30-33-24)15-8-11-26-12-9-15/h3-4,6-12,14,20H,1-2,5,13H2. The summed E-state index contributed by atoms with van der Waals surface area (Å²) < 4.78 is 27.8. The lowest BCUT2D eigenvalue weighted by Crippen LogP contribution is -2.19. The molecule has 0 spiro atoms. The number of fused-ring (bicyclic) bond motifs is 1. The lowest BCUT2D eigenvalue weighted by Gasteiger charge is -2.23. The van der Waals surface area contributed by atoms with Crippen LogP contribution in [0.15, 0.2) is 65.6 Å². The Hall–Kier alpha value is -3.98. The van der Waals surface area contributed by atoms with E-state index in [2.05, 4.69) is 20.1 Å². The molecule has 33 heavy (non-hydrogen) atoms. The maximum Gasteiger partial charge on any atom is 0.279 e. The number of hydrogen-bond acceptors (Lipinski definition) is 7. The van der Waals surface area contributed by atoms with E-state index in [1.165, 1.54) is 6.20 Å². The average Bonchev–Trinajstić information content (AvgIpc) is 3.50. The third kappa shape index (κ3) is 3.56. The zero-order valence-electron chi connectivity index (χ0n) is 17.6. The molecule has 9 heteroatoms. The third-order valence-corrected chi connectivity index (χ3v) is 5.77. The van der Waals surface area contributed by atoms with Gasteiger partial charge in [0.25, 0.3) is 5.89 Å². The first-order valence-corrected chi connectivity index (χ1v) is 10.8. The first-order chi connectivity index (χ1) is 16.3. The number of halogens is 1. The molecular formula is C24H19FN6O2. The van der Waals surface area contributed by atoms with Crippen LogP contribution in [0.3, 0.4) is 0 Å². The number of rotatable bonds is 4. The molecule has 0 saturated carbocycles. The van der Waals surface area contributed by atoms with Crippen molar-refractivity contribution in [2.75, 3.05) is 6.61 Å². The largest absolute Gasteiger partial charge is 0.356 e. The molecule has 1 unspecified atom stereocenters. The molecule has 4 aromatic heterocycles. The lowest BCUT2D eigenvalue weighted by molar-refractivity contribution is -0.0365. The van der Waals surface area contributed by atoms with Crippen molar-refractivity contribution in [2.24, 2.45) is 0 Å². The van der Waals surface area contributed by atoms with Gasteiger partial charge in [0.05, 0.1) is 5.52 Å². The predicted octanol–water partition coefficient (Wildman–Crippen LogP) is 5.05. The Labute approximate surface area is 188 Å². The Bertz CT molecular complexity index is 1430. The number of pyridine rings is 2. The minimum atomic E-state index is -0.529. The molecule has 5 heterocycles. The Morgan fingerprint density at radius 3 is 2.73 bits per heavy atom. The highest BCUT2D eigenvalue weighted by molar-refractivity contribution is 5.94. The van der Waals surface area contributed by atoms with Crippen LogP contribution in [0.4, 0.5) is 4.39 Å². The van der Waals surface area contributed by atoms with Crippen molar-refractivity contribution in [3.63, 3.8) is 0 Å². The molecule has 0 aliphatic carbocycles. The monoisotopic (exact) mass is 442 g/mol. The molecule has 5 aromatic rings. The van der Waals surface area contributed by atoms with Crippen LogP contribution in [-0.4, -0.2) is 36.5 Å². The molecule has 0 amide bonds. The smallest absolute Gasteiger partial charge is 0.279 e. The maximum absolute atomic E-state index is 14.4. The van der Waals surface area contributed by atoms with Gasteiger partial charge in [-0.15, -0.1) is 0 Å². The zero-order valence-corrected chi connectivity index (χ0v) is 17.6. The van der Waals surface area contributed by atoms with Crippen LogP contribution in [0.1, 0.15) is 25.5 Å². The summed E-state index contributed by atoms with van der Waals surface area (Å²) in [4.78, 5) is 12.4. The van der Waals surface area contributed by atoms with Gasteiger partial charge in [0.15, 0.2) is 11.9 Å². The Kier molecular flexibility index (Phi) is 4.88. The van der Waals surface area contributed by atoms with Gasteiger partial charge in [-0.2, -0.15) is 14.5 Å². The summed E-state index contributed by atoms with van der Waals surface area (Å²) in [6, 6.07) is 12.7. The van der Waals surface area contributed by atoms with Gasteiger partial charge >= 0.3 is 0 Å². The van der Waals surface area contributed by atoms with Crippen molar-refractivity contribution < 1.29 is 13.7 Å². The summed E-state index contributed by atoms with van der Waals surface area (Å²) in [5.74, 6) is 0.197. The Morgan fingerprint density at radius 1 is 1.00 bits per heavy atom. The topological polar surface area (TPSA) is 91.8 Å². The molecule has 1 fully saturated rings. The van der Waals surface area contributed by atoms with E-state index in [0.717, 1.165) is 35.7 Å². The minimum absolute atomic E-state index is 0.182. The molecule has 1 atom stereocenters. The first-order valence-electron chi connectivity index (χ1n) is 10.8. The summed E-state index contributed by atoms with van der Waals surface area (Å²) in [6.07, 6.45) is 7.55. The van der Waals surface area contributed by atoms with Crippen LogP contribution in [0.2, 0.25) is 0 Å². The molecule has 6 rings (SSSR count). The number of ether oxygens (including phenoxy) is 1. The molecule has 0 radical (unpaired) electrons. The van der Waals surface area contributed by atoms with E-state index in [9.17, 15) is 4.39 Å². The number of aromatic nitrogens is 6. The minimum Gasteiger partial charge on any atom is -0.356 e. The molecule has 0 N–H and O–H groups in total. The molecule has 0 bridgehead atoms. The van der Waals surface area contributed by atoms with E-state index in [1.807, 2.05) is 35.0 Å². The quantitative estimate of drug-likeness (QED) is 0.360. The fourth-order valence-electron chi connectivity index (χ4n) is 4.14. The van der Waals surface area contributed by atoms with Gasteiger partial charge in [-0.3, -0.25) is 4.98 Å². The van der Waals surface area contributed by atoms with E-state index >= 15 is 0 Å². The van der Waals surface area contributed by atoms with Crippen molar-refractivity contribution in [3.05, 3.63) is 67.0 Å². The molecule has 1 aromatic carbocycles. The highest BCUT2D eigenvalue weighted by Crippen LogP contribution is 2.35.